The fourth-order valence-corrected chi connectivity index (χ4v) is 1.77. The summed E-state index contributed by atoms with van der Waals surface area (Å²) in [7, 11) is 0. The first-order valence-electron chi connectivity index (χ1n) is 6.70. The van der Waals surface area contributed by atoms with Crippen molar-refractivity contribution in [1.82, 2.24) is 5.32 Å². The molecular weight excluding hydrogens is 264 g/mol. The van der Waals surface area contributed by atoms with E-state index in [1.165, 1.54) is 0 Å². The van der Waals surface area contributed by atoms with Crippen molar-refractivity contribution in [2.75, 3.05) is 11.9 Å². The lowest BCUT2D eigenvalue weighted by atomic mass is 10.2. The Morgan fingerprint density at radius 1 is 1.14 bits per heavy atom. The third-order valence-corrected chi connectivity index (χ3v) is 2.76. The number of urea groups is 1. The van der Waals surface area contributed by atoms with Crippen LogP contribution in [0.2, 0.25) is 0 Å². The van der Waals surface area contributed by atoms with E-state index in [1.807, 2.05) is 48.5 Å². The van der Waals surface area contributed by atoms with Gasteiger partial charge in [-0.1, -0.05) is 49.1 Å². The topological polar surface area (TPSA) is 50.4 Å². The number of ether oxygens (including phenoxy) is 1. The molecule has 0 unspecified atom stereocenters. The zero-order chi connectivity index (χ0) is 14.9. The molecule has 0 spiro atoms. The van der Waals surface area contributed by atoms with Crippen LogP contribution in [0.4, 0.5) is 10.5 Å². The van der Waals surface area contributed by atoms with Crippen molar-refractivity contribution in [1.29, 1.82) is 0 Å². The molecule has 21 heavy (non-hydrogen) atoms. The zero-order valence-corrected chi connectivity index (χ0v) is 11.7. The quantitative estimate of drug-likeness (QED) is 0.796. The molecule has 108 valence electrons. The van der Waals surface area contributed by atoms with Gasteiger partial charge in [-0.3, -0.25) is 0 Å². The summed E-state index contributed by atoms with van der Waals surface area (Å²) < 4.78 is 5.42. The minimum atomic E-state index is -0.250. The van der Waals surface area contributed by atoms with Gasteiger partial charge in [0, 0.05) is 18.3 Å². The summed E-state index contributed by atoms with van der Waals surface area (Å²) in [5, 5.41) is 5.58. The second kappa shape index (κ2) is 7.75. The van der Waals surface area contributed by atoms with E-state index in [1.54, 1.807) is 12.1 Å². The van der Waals surface area contributed by atoms with Crippen LogP contribution < -0.4 is 15.4 Å². The standard InChI is InChI=1S/C17H18N2O2/c1-2-11-21-16-10-6-9-15(12-16)19-17(20)18-13-14-7-4-3-5-8-14/h2-10,12H,1,11,13H2,(H2,18,19,20). The van der Waals surface area contributed by atoms with Gasteiger partial charge in [0.2, 0.25) is 0 Å². The third-order valence-electron chi connectivity index (χ3n) is 2.76. The molecule has 0 atom stereocenters. The van der Waals surface area contributed by atoms with E-state index < -0.39 is 0 Å². The van der Waals surface area contributed by atoms with Crippen molar-refractivity contribution < 1.29 is 9.53 Å². The molecule has 0 aliphatic carbocycles. The molecule has 2 N–H and O–H groups in total. The van der Waals surface area contributed by atoms with Gasteiger partial charge in [-0.25, -0.2) is 4.79 Å². The summed E-state index contributed by atoms with van der Waals surface area (Å²) in [5.74, 6) is 0.691. The number of carbonyl (C=O) groups is 1. The molecule has 0 radical (unpaired) electrons. The number of benzene rings is 2. The second-order valence-corrected chi connectivity index (χ2v) is 4.42. The van der Waals surface area contributed by atoms with Crippen molar-refractivity contribution in [2.24, 2.45) is 0 Å². The largest absolute Gasteiger partial charge is 0.489 e. The Kier molecular flexibility index (Phi) is 5.41. The summed E-state index contributed by atoms with van der Waals surface area (Å²) in [6.07, 6.45) is 1.67. The molecule has 0 aliphatic rings. The molecular formula is C17H18N2O2. The number of carbonyl (C=O) groups excluding carboxylic acids is 1. The van der Waals surface area contributed by atoms with Crippen LogP contribution in [0.15, 0.2) is 67.3 Å². The molecule has 2 aromatic rings. The number of anilines is 1. The number of hydrogen-bond donors (Lipinski definition) is 2. The highest BCUT2D eigenvalue weighted by atomic mass is 16.5. The van der Waals surface area contributed by atoms with Gasteiger partial charge in [0.05, 0.1) is 0 Å². The maximum absolute atomic E-state index is 11.8. The molecule has 0 bridgehead atoms. The lowest BCUT2D eigenvalue weighted by Crippen LogP contribution is -2.28. The van der Waals surface area contributed by atoms with Gasteiger partial charge in [0.1, 0.15) is 12.4 Å². The van der Waals surface area contributed by atoms with E-state index in [4.69, 9.17) is 4.74 Å². The summed E-state index contributed by atoms with van der Waals surface area (Å²) in [4.78, 5) is 11.8. The Balaban J connectivity index is 1.86. The van der Waals surface area contributed by atoms with E-state index in [2.05, 4.69) is 17.2 Å². The van der Waals surface area contributed by atoms with E-state index >= 15 is 0 Å². The first-order valence-corrected chi connectivity index (χ1v) is 6.70. The lowest BCUT2D eigenvalue weighted by Gasteiger charge is -2.09. The molecule has 4 nitrogen and oxygen atoms in total. The lowest BCUT2D eigenvalue weighted by molar-refractivity contribution is 0.251. The number of nitrogens with one attached hydrogen (secondary N) is 2. The Hall–Kier alpha value is -2.75. The molecule has 2 amide bonds. The smallest absolute Gasteiger partial charge is 0.319 e. The van der Waals surface area contributed by atoms with Crippen LogP contribution in [0.25, 0.3) is 0 Å². The van der Waals surface area contributed by atoms with Gasteiger partial charge < -0.3 is 15.4 Å². The molecule has 0 saturated carbocycles. The van der Waals surface area contributed by atoms with Crippen molar-refractivity contribution in [3.8, 4) is 5.75 Å². The van der Waals surface area contributed by atoms with Gasteiger partial charge in [-0.05, 0) is 17.7 Å². The van der Waals surface area contributed by atoms with Gasteiger partial charge in [0.15, 0.2) is 0 Å². The maximum Gasteiger partial charge on any atom is 0.319 e. The van der Waals surface area contributed by atoms with Crippen LogP contribution in [0, 0.1) is 0 Å². The van der Waals surface area contributed by atoms with Gasteiger partial charge in [-0.2, -0.15) is 0 Å². The first-order chi connectivity index (χ1) is 10.3. The van der Waals surface area contributed by atoms with Crippen LogP contribution >= 0.6 is 0 Å². The van der Waals surface area contributed by atoms with Crippen LogP contribution in [-0.4, -0.2) is 12.6 Å². The zero-order valence-electron chi connectivity index (χ0n) is 11.7. The first kappa shape index (κ1) is 14.7. The second-order valence-electron chi connectivity index (χ2n) is 4.42. The highest BCUT2D eigenvalue weighted by molar-refractivity contribution is 5.89. The molecule has 0 saturated heterocycles. The molecule has 0 aromatic heterocycles. The average Bonchev–Trinajstić information content (AvgIpc) is 2.52. The normalized spacial score (nSPS) is 9.71. The van der Waals surface area contributed by atoms with Gasteiger partial charge in [-0.15, -0.1) is 0 Å². The van der Waals surface area contributed by atoms with Crippen molar-refractivity contribution in [2.45, 2.75) is 6.54 Å². The van der Waals surface area contributed by atoms with E-state index in [0.29, 0.717) is 24.6 Å². The van der Waals surface area contributed by atoms with Crippen LogP contribution in [0.5, 0.6) is 5.75 Å². The fraction of sp³-hybridized carbons (Fsp3) is 0.118. The van der Waals surface area contributed by atoms with Crippen LogP contribution in [0.1, 0.15) is 5.56 Å². The summed E-state index contributed by atoms with van der Waals surface area (Å²) in [5.41, 5.74) is 1.73. The molecule has 0 aliphatic heterocycles. The predicted octanol–water partition coefficient (Wildman–Crippen LogP) is 3.57. The third kappa shape index (κ3) is 5.03. The van der Waals surface area contributed by atoms with Crippen molar-refractivity contribution in [3.63, 3.8) is 0 Å². The van der Waals surface area contributed by atoms with Crippen molar-refractivity contribution >= 4 is 11.7 Å². The van der Waals surface area contributed by atoms with E-state index in [9.17, 15) is 4.79 Å². The SMILES string of the molecule is C=CCOc1cccc(NC(=O)NCc2ccccc2)c1. The number of amides is 2. The van der Waals surface area contributed by atoms with E-state index in [0.717, 1.165) is 5.56 Å². The van der Waals surface area contributed by atoms with Gasteiger partial charge in [0.25, 0.3) is 0 Å². The van der Waals surface area contributed by atoms with Gasteiger partial charge >= 0.3 is 6.03 Å². The van der Waals surface area contributed by atoms with E-state index in [-0.39, 0.29) is 6.03 Å². The molecule has 0 fully saturated rings. The van der Waals surface area contributed by atoms with Crippen molar-refractivity contribution in [3.05, 3.63) is 72.8 Å². The summed E-state index contributed by atoms with van der Waals surface area (Å²) >= 11 is 0. The fourth-order valence-electron chi connectivity index (χ4n) is 1.77. The molecule has 2 rings (SSSR count). The molecule has 2 aromatic carbocycles. The number of rotatable bonds is 6. The minimum Gasteiger partial charge on any atom is -0.489 e. The maximum atomic E-state index is 11.8. The number of hydrogen-bond acceptors (Lipinski definition) is 2. The Morgan fingerprint density at radius 2 is 1.95 bits per heavy atom. The Labute approximate surface area is 124 Å². The highest BCUT2D eigenvalue weighted by Gasteiger charge is 2.02. The Morgan fingerprint density at radius 3 is 2.71 bits per heavy atom. The average molecular weight is 282 g/mol. The Bertz CT molecular complexity index is 597. The predicted molar refractivity (Wildman–Crippen MR) is 84.4 cm³/mol. The van der Waals surface area contributed by atoms with Crippen LogP contribution in [0.3, 0.4) is 0 Å². The molecule has 0 heterocycles. The summed E-state index contributed by atoms with van der Waals surface area (Å²) in [6.45, 7) is 4.51. The summed E-state index contributed by atoms with van der Waals surface area (Å²) in [6, 6.07) is 16.7. The van der Waals surface area contributed by atoms with Crippen LogP contribution in [-0.2, 0) is 6.54 Å². The minimum absolute atomic E-state index is 0.250. The highest BCUT2D eigenvalue weighted by Crippen LogP contribution is 2.17. The molecule has 4 heteroatoms. The monoisotopic (exact) mass is 282 g/mol.